The van der Waals surface area contributed by atoms with Crippen LogP contribution in [0.1, 0.15) is 22.6 Å². The molecule has 3 nitrogen and oxygen atoms in total. The second kappa shape index (κ2) is 5.01. The lowest BCUT2D eigenvalue weighted by molar-refractivity contribution is -0.130. The Morgan fingerprint density at radius 3 is 2.67 bits per heavy atom. The maximum atomic E-state index is 12.8. The Balaban J connectivity index is 1.61. The summed E-state index contributed by atoms with van der Waals surface area (Å²) < 4.78 is 5.90. The normalized spacial score (nSPS) is 23.8. The Hall–Kier alpha value is -2.13. The van der Waals surface area contributed by atoms with Gasteiger partial charge < -0.3 is 9.64 Å². The van der Waals surface area contributed by atoms with Crippen molar-refractivity contribution in [1.82, 2.24) is 4.90 Å². The van der Waals surface area contributed by atoms with Crippen LogP contribution in [0, 0.1) is 0 Å². The minimum absolute atomic E-state index is 0.00360. The van der Waals surface area contributed by atoms with Crippen molar-refractivity contribution in [3.63, 3.8) is 0 Å². The van der Waals surface area contributed by atoms with Gasteiger partial charge in [0.15, 0.2) is 0 Å². The Morgan fingerprint density at radius 1 is 1.05 bits per heavy atom. The van der Waals surface area contributed by atoms with Gasteiger partial charge in [-0.25, -0.2) is 0 Å². The van der Waals surface area contributed by atoms with Crippen LogP contribution in [0.25, 0.3) is 0 Å². The van der Waals surface area contributed by atoms with E-state index in [2.05, 4.69) is 24.3 Å². The first-order valence-electron chi connectivity index (χ1n) is 7.35. The SMILES string of the molecule is O=C1C2c3ccccc3COC2CN1Cc1ccccc1. The Morgan fingerprint density at radius 2 is 1.81 bits per heavy atom. The number of amides is 1. The van der Waals surface area contributed by atoms with Gasteiger partial charge in [-0.15, -0.1) is 0 Å². The van der Waals surface area contributed by atoms with Crippen molar-refractivity contribution in [3.05, 3.63) is 71.3 Å². The highest BCUT2D eigenvalue weighted by Gasteiger charge is 2.44. The molecule has 0 radical (unpaired) electrons. The van der Waals surface area contributed by atoms with Crippen LogP contribution in [0.4, 0.5) is 0 Å². The van der Waals surface area contributed by atoms with Gasteiger partial charge in [-0.2, -0.15) is 0 Å². The fourth-order valence-electron chi connectivity index (χ4n) is 3.36. The molecule has 4 rings (SSSR count). The van der Waals surface area contributed by atoms with E-state index in [9.17, 15) is 4.79 Å². The number of hydrogen-bond acceptors (Lipinski definition) is 2. The fraction of sp³-hybridized carbons (Fsp3) is 0.278. The van der Waals surface area contributed by atoms with Crippen LogP contribution in [-0.2, 0) is 22.7 Å². The molecule has 2 heterocycles. The van der Waals surface area contributed by atoms with E-state index >= 15 is 0 Å². The van der Waals surface area contributed by atoms with Crippen LogP contribution >= 0.6 is 0 Å². The molecule has 2 unspecified atom stereocenters. The molecule has 21 heavy (non-hydrogen) atoms. The lowest BCUT2D eigenvalue weighted by atomic mass is 9.89. The van der Waals surface area contributed by atoms with E-state index in [0.29, 0.717) is 19.7 Å². The van der Waals surface area contributed by atoms with Crippen LogP contribution in [0.5, 0.6) is 0 Å². The van der Waals surface area contributed by atoms with Crippen molar-refractivity contribution in [1.29, 1.82) is 0 Å². The minimum Gasteiger partial charge on any atom is -0.371 e. The number of carbonyl (C=O) groups is 1. The number of fused-ring (bicyclic) bond motifs is 3. The van der Waals surface area contributed by atoms with Gasteiger partial charge in [0.2, 0.25) is 5.91 Å². The second-order valence-electron chi connectivity index (χ2n) is 5.73. The van der Waals surface area contributed by atoms with Crippen molar-refractivity contribution < 1.29 is 9.53 Å². The summed E-state index contributed by atoms with van der Waals surface area (Å²) in [6, 6.07) is 18.3. The number of carbonyl (C=O) groups excluding carboxylic acids is 1. The van der Waals surface area contributed by atoms with Gasteiger partial charge in [0.1, 0.15) is 0 Å². The second-order valence-corrected chi connectivity index (χ2v) is 5.73. The highest BCUT2D eigenvalue weighted by atomic mass is 16.5. The van der Waals surface area contributed by atoms with Gasteiger partial charge in [0.25, 0.3) is 0 Å². The lowest BCUT2D eigenvalue weighted by Crippen LogP contribution is -2.28. The average molecular weight is 279 g/mol. The molecule has 2 atom stereocenters. The van der Waals surface area contributed by atoms with E-state index in [1.165, 1.54) is 0 Å². The van der Waals surface area contributed by atoms with Crippen molar-refractivity contribution >= 4 is 5.91 Å². The summed E-state index contributed by atoms with van der Waals surface area (Å²) in [5.41, 5.74) is 3.46. The predicted molar refractivity (Wildman–Crippen MR) is 79.6 cm³/mol. The standard InChI is InChI=1S/C18H17NO2/c20-18-17-15-9-5-4-8-14(15)12-21-16(17)11-19(18)10-13-6-2-1-3-7-13/h1-9,16-17H,10-12H2. The quantitative estimate of drug-likeness (QED) is 0.846. The summed E-state index contributed by atoms with van der Waals surface area (Å²) in [6.07, 6.45) is -0.00360. The van der Waals surface area contributed by atoms with E-state index in [1.807, 2.05) is 35.2 Å². The van der Waals surface area contributed by atoms with Crippen LogP contribution in [0.15, 0.2) is 54.6 Å². The van der Waals surface area contributed by atoms with Crippen LogP contribution in [-0.4, -0.2) is 23.5 Å². The molecule has 0 aliphatic carbocycles. The van der Waals surface area contributed by atoms with Gasteiger partial charge in [0.05, 0.1) is 18.6 Å². The summed E-state index contributed by atoms with van der Waals surface area (Å²) in [6.45, 7) is 1.97. The number of ether oxygens (including phenoxy) is 1. The van der Waals surface area contributed by atoms with E-state index in [-0.39, 0.29) is 17.9 Å². The molecule has 0 saturated carbocycles. The molecule has 0 aromatic heterocycles. The van der Waals surface area contributed by atoms with Crippen molar-refractivity contribution in [2.24, 2.45) is 0 Å². The molecule has 0 bridgehead atoms. The first kappa shape index (κ1) is 12.6. The molecular formula is C18H17NO2. The molecule has 2 aromatic rings. The van der Waals surface area contributed by atoms with E-state index in [0.717, 1.165) is 16.7 Å². The molecule has 2 aliphatic rings. The summed E-state index contributed by atoms with van der Waals surface area (Å²) in [5, 5.41) is 0. The van der Waals surface area contributed by atoms with Gasteiger partial charge in [-0.1, -0.05) is 54.6 Å². The zero-order chi connectivity index (χ0) is 14.2. The third-order valence-electron chi connectivity index (χ3n) is 4.41. The number of benzene rings is 2. The van der Waals surface area contributed by atoms with Crippen LogP contribution in [0.2, 0.25) is 0 Å². The molecule has 2 aliphatic heterocycles. The monoisotopic (exact) mass is 279 g/mol. The molecular weight excluding hydrogens is 262 g/mol. The number of rotatable bonds is 2. The summed E-state index contributed by atoms with van der Waals surface area (Å²) >= 11 is 0. The van der Waals surface area contributed by atoms with Crippen molar-refractivity contribution in [3.8, 4) is 0 Å². The Bertz CT molecular complexity index is 668. The van der Waals surface area contributed by atoms with Crippen molar-refractivity contribution in [2.45, 2.75) is 25.2 Å². The molecule has 2 aromatic carbocycles. The van der Waals surface area contributed by atoms with Crippen LogP contribution in [0.3, 0.4) is 0 Å². The van der Waals surface area contributed by atoms with Crippen LogP contribution < -0.4 is 0 Å². The molecule has 1 fully saturated rings. The third-order valence-corrected chi connectivity index (χ3v) is 4.41. The lowest BCUT2D eigenvalue weighted by Gasteiger charge is -2.26. The van der Waals surface area contributed by atoms with E-state index < -0.39 is 0 Å². The average Bonchev–Trinajstić information content (AvgIpc) is 2.85. The molecule has 0 N–H and O–H groups in total. The Kier molecular flexibility index (Phi) is 3.00. The maximum absolute atomic E-state index is 12.8. The minimum atomic E-state index is -0.126. The number of nitrogens with zero attached hydrogens (tertiary/aromatic N) is 1. The topological polar surface area (TPSA) is 29.5 Å². The van der Waals surface area contributed by atoms with E-state index in [4.69, 9.17) is 4.74 Å². The van der Waals surface area contributed by atoms with Gasteiger partial charge in [-0.05, 0) is 16.7 Å². The summed E-state index contributed by atoms with van der Waals surface area (Å²) in [7, 11) is 0. The fourth-order valence-corrected chi connectivity index (χ4v) is 3.36. The molecule has 0 spiro atoms. The molecule has 106 valence electrons. The molecule has 1 amide bonds. The number of hydrogen-bond donors (Lipinski definition) is 0. The molecule has 3 heteroatoms. The Labute approximate surface area is 124 Å². The zero-order valence-corrected chi connectivity index (χ0v) is 11.7. The van der Waals surface area contributed by atoms with Gasteiger partial charge >= 0.3 is 0 Å². The largest absolute Gasteiger partial charge is 0.371 e. The third kappa shape index (κ3) is 2.14. The first-order chi connectivity index (χ1) is 10.3. The summed E-state index contributed by atoms with van der Waals surface area (Å²) in [4.78, 5) is 14.7. The van der Waals surface area contributed by atoms with Gasteiger partial charge in [-0.3, -0.25) is 4.79 Å². The zero-order valence-electron chi connectivity index (χ0n) is 11.7. The highest BCUT2D eigenvalue weighted by molar-refractivity contribution is 5.87. The predicted octanol–water partition coefficient (Wildman–Crippen LogP) is 2.71. The van der Waals surface area contributed by atoms with E-state index in [1.54, 1.807) is 0 Å². The molecule has 1 saturated heterocycles. The number of likely N-dealkylation sites (tertiary alicyclic amines) is 1. The first-order valence-corrected chi connectivity index (χ1v) is 7.35. The van der Waals surface area contributed by atoms with Gasteiger partial charge in [0, 0.05) is 13.1 Å². The highest BCUT2D eigenvalue weighted by Crippen LogP contribution is 2.37. The summed E-state index contributed by atoms with van der Waals surface area (Å²) in [5.74, 6) is 0.0645. The van der Waals surface area contributed by atoms with Crippen molar-refractivity contribution in [2.75, 3.05) is 6.54 Å². The maximum Gasteiger partial charge on any atom is 0.233 e. The smallest absolute Gasteiger partial charge is 0.233 e.